The zero-order chi connectivity index (χ0) is 19.7. The van der Waals surface area contributed by atoms with Crippen LogP contribution in [-0.2, 0) is 16.1 Å². The molecule has 1 fully saturated rings. The van der Waals surface area contributed by atoms with Crippen molar-refractivity contribution >= 4 is 11.9 Å². The highest BCUT2D eigenvalue weighted by atomic mass is 16.5. The van der Waals surface area contributed by atoms with Gasteiger partial charge in [0.05, 0.1) is 18.8 Å². The van der Waals surface area contributed by atoms with E-state index in [4.69, 9.17) is 4.74 Å². The molecule has 0 saturated heterocycles. The average Bonchev–Trinajstić information content (AvgIpc) is 3.09. The van der Waals surface area contributed by atoms with Crippen LogP contribution in [-0.4, -0.2) is 50.2 Å². The smallest absolute Gasteiger partial charge is 0.330 e. The Bertz CT molecular complexity index is 833. The molecule has 27 heavy (non-hydrogen) atoms. The van der Waals surface area contributed by atoms with Crippen molar-refractivity contribution in [2.45, 2.75) is 45.4 Å². The van der Waals surface area contributed by atoms with Gasteiger partial charge in [-0.15, -0.1) is 5.10 Å². The van der Waals surface area contributed by atoms with Crippen molar-refractivity contribution in [1.29, 1.82) is 0 Å². The van der Waals surface area contributed by atoms with E-state index in [1.807, 2.05) is 37.3 Å². The SMILES string of the molecule is CCOC1CC(NC(=O)c2cn(Cc3ccccc3)nn2)(C(=O)O)C1(C)C. The van der Waals surface area contributed by atoms with Crippen LogP contribution >= 0.6 is 0 Å². The van der Waals surface area contributed by atoms with Gasteiger partial charge in [-0.25, -0.2) is 9.48 Å². The number of carboxylic acid groups (broad SMARTS) is 1. The summed E-state index contributed by atoms with van der Waals surface area (Å²) < 4.78 is 7.16. The first-order valence-corrected chi connectivity index (χ1v) is 8.91. The lowest BCUT2D eigenvalue weighted by atomic mass is 9.54. The van der Waals surface area contributed by atoms with Crippen molar-refractivity contribution in [1.82, 2.24) is 20.3 Å². The van der Waals surface area contributed by atoms with Crippen LogP contribution in [0, 0.1) is 5.41 Å². The summed E-state index contributed by atoms with van der Waals surface area (Å²) in [5, 5.41) is 20.3. The molecule has 1 heterocycles. The number of nitrogens with zero attached hydrogens (tertiary/aromatic N) is 3. The molecule has 1 aromatic carbocycles. The van der Waals surface area contributed by atoms with Gasteiger partial charge in [0.2, 0.25) is 0 Å². The molecule has 8 heteroatoms. The Hall–Kier alpha value is -2.74. The number of hydrogen-bond acceptors (Lipinski definition) is 5. The molecule has 0 aliphatic heterocycles. The predicted octanol–water partition coefficient (Wildman–Crippen LogP) is 1.71. The summed E-state index contributed by atoms with van der Waals surface area (Å²) >= 11 is 0. The second-order valence-corrected chi connectivity index (χ2v) is 7.32. The third-order valence-electron chi connectivity index (χ3n) is 5.42. The molecule has 0 spiro atoms. The zero-order valence-corrected chi connectivity index (χ0v) is 15.7. The first kappa shape index (κ1) is 19.0. The maximum atomic E-state index is 12.6. The molecule has 2 aromatic rings. The van der Waals surface area contributed by atoms with Crippen molar-refractivity contribution in [3.05, 3.63) is 47.8 Å². The van der Waals surface area contributed by atoms with E-state index in [1.165, 1.54) is 6.20 Å². The zero-order valence-electron chi connectivity index (χ0n) is 15.7. The normalized spacial score (nSPS) is 23.4. The van der Waals surface area contributed by atoms with E-state index in [0.29, 0.717) is 13.2 Å². The first-order valence-electron chi connectivity index (χ1n) is 8.91. The van der Waals surface area contributed by atoms with Crippen LogP contribution in [0.5, 0.6) is 0 Å². The van der Waals surface area contributed by atoms with Crippen LogP contribution in [0.4, 0.5) is 0 Å². The summed E-state index contributed by atoms with van der Waals surface area (Å²) in [6.07, 6.45) is 1.50. The topological polar surface area (TPSA) is 106 Å². The molecule has 2 N–H and O–H groups in total. The molecule has 8 nitrogen and oxygen atoms in total. The standard InChI is InChI=1S/C19H24N4O4/c1-4-27-15-10-19(17(25)26,18(15,2)3)20-16(24)14-12-23(22-21-14)11-13-8-6-5-7-9-13/h5-9,12,15H,4,10-11H2,1-3H3,(H,20,24)(H,25,26). The molecular weight excluding hydrogens is 348 g/mol. The maximum absolute atomic E-state index is 12.6. The van der Waals surface area contributed by atoms with Crippen molar-refractivity contribution in [3.63, 3.8) is 0 Å². The number of carboxylic acids is 1. The number of amides is 1. The van der Waals surface area contributed by atoms with Gasteiger partial charge in [-0.05, 0) is 12.5 Å². The number of rotatable bonds is 7. The van der Waals surface area contributed by atoms with Crippen LogP contribution in [0.15, 0.2) is 36.5 Å². The van der Waals surface area contributed by atoms with Gasteiger partial charge in [-0.1, -0.05) is 49.4 Å². The van der Waals surface area contributed by atoms with E-state index >= 15 is 0 Å². The molecule has 0 bridgehead atoms. The van der Waals surface area contributed by atoms with Gasteiger partial charge in [-0.2, -0.15) is 0 Å². The van der Waals surface area contributed by atoms with Gasteiger partial charge < -0.3 is 15.2 Å². The summed E-state index contributed by atoms with van der Waals surface area (Å²) in [4.78, 5) is 24.6. The minimum absolute atomic E-state index is 0.0854. The monoisotopic (exact) mass is 372 g/mol. The Balaban J connectivity index is 1.73. The van der Waals surface area contributed by atoms with Crippen LogP contribution in [0.1, 0.15) is 43.2 Å². The Kier molecular flexibility index (Phi) is 5.01. The minimum atomic E-state index is -1.40. The number of hydrogen-bond donors (Lipinski definition) is 2. The molecule has 3 rings (SSSR count). The Morgan fingerprint density at radius 3 is 2.63 bits per heavy atom. The molecule has 1 aliphatic rings. The van der Waals surface area contributed by atoms with Crippen molar-refractivity contribution in [3.8, 4) is 0 Å². The van der Waals surface area contributed by atoms with Crippen molar-refractivity contribution in [2.75, 3.05) is 6.61 Å². The molecule has 1 saturated carbocycles. The fourth-order valence-electron chi connectivity index (χ4n) is 3.55. The van der Waals surface area contributed by atoms with Gasteiger partial charge in [0, 0.05) is 18.4 Å². The molecule has 2 atom stereocenters. The fourth-order valence-corrected chi connectivity index (χ4v) is 3.55. The largest absolute Gasteiger partial charge is 0.479 e. The Labute approximate surface area is 157 Å². The summed E-state index contributed by atoms with van der Waals surface area (Å²) in [6, 6.07) is 9.66. The summed E-state index contributed by atoms with van der Waals surface area (Å²) in [5.74, 6) is -1.63. The first-order chi connectivity index (χ1) is 12.8. The van der Waals surface area contributed by atoms with Gasteiger partial charge in [0.15, 0.2) is 5.69 Å². The number of aromatic nitrogens is 3. The lowest BCUT2D eigenvalue weighted by molar-refractivity contribution is -0.190. The van der Waals surface area contributed by atoms with Gasteiger partial charge in [0.1, 0.15) is 5.54 Å². The lowest BCUT2D eigenvalue weighted by Gasteiger charge is -2.58. The third-order valence-corrected chi connectivity index (χ3v) is 5.42. The van der Waals surface area contributed by atoms with Gasteiger partial charge >= 0.3 is 5.97 Å². The van der Waals surface area contributed by atoms with E-state index in [0.717, 1.165) is 5.56 Å². The highest BCUT2D eigenvalue weighted by molar-refractivity contribution is 5.97. The second-order valence-electron chi connectivity index (χ2n) is 7.32. The van der Waals surface area contributed by atoms with E-state index in [9.17, 15) is 14.7 Å². The molecule has 0 radical (unpaired) electrons. The summed E-state index contributed by atoms with van der Waals surface area (Å²) in [5.41, 5.74) is -1.03. The highest BCUT2D eigenvalue weighted by Crippen LogP contribution is 2.51. The number of carbonyl (C=O) groups excluding carboxylic acids is 1. The predicted molar refractivity (Wildman–Crippen MR) is 97.2 cm³/mol. The minimum Gasteiger partial charge on any atom is -0.479 e. The summed E-state index contributed by atoms with van der Waals surface area (Å²) in [7, 11) is 0. The number of ether oxygens (including phenoxy) is 1. The number of carbonyl (C=O) groups is 2. The second kappa shape index (κ2) is 7.11. The van der Waals surface area contributed by atoms with E-state index < -0.39 is 22.8 Å². The fraction of sp³-hybridized carbons (Fsp3) is 0.474. The lowest BCUT2D eigenvalue weighted by Crippen LogP contribution is -2.76. The summed E-state index contributed by atoms with van der Waals surface area (Å²) in [6.45, 7) is 6.41. The Morgan fingerprint density at radius 2 is 2.04 bits per heavy atom. The highest BCUT2D eigenvalue weighted by Gasteiger charge is 2.66. The molecule has 2 unspecified atom stereocenters. The molecule has 144 valence electrons. The molecule has 1 aliphatic carbocycles. The number of nitrogens with one attached hydrogen (secondary N) is 1. The molecule has 1 amide bonds. The van der Waals surface area contributed by atoms with Gasteiger partial charge in [0.25, 0.3) is 5.91 Å². The number of benzene rings is 1. The maximum Gasteiger partial charge on any atom is 0.330 e. The van der Waals surface area contributed by atoms with E-state index in [1.54, 1.807) is 18.5 Å². The Morgan fingerprint density at radius 1 is 1.33 bits per heavy atom. The number of aliphatic carboxylic acids is 1. The molecular formula is C19H24N4O4. The van der Waals surface area contributed by atoms with Crippen LogP contribution in [0.3, 0.4) is 0 Å². The third kappa shape index (κ3) is 3.32. The quantitative estimate of drug-likeness (QED) is 0.766. The van der Waals surface area contributed by atoms with Crippen molar-refractivity contribution < 1.29 is 19.4 Å². The van der Waals surface area contributed by atoms with Gasteiger partial charge in [-0.3, -0.25) is 4.79 Å². The van der Waals surface area contributed by atoms with E-state index in [-0.39, 0.29) is 18.2 Å². The molecule has 1 aromatic heterocycles. The van der Waals surface area contributed by atoms with Crippen molar-refractivity contribution in [2.24, 2.45) is 5.41 Å². The van der Waals surface area contributed by atoms with Crippen LogP contribution in [0.25, 0.3) is 0 Å². The van der Waals surface area contributed by atoms with E-state index in [2.05, 4.69) is 15.6 Å². The van der Waals surface area contributed by atoms with Crippen LogP contribution < -0.4 is 5.32 Å². The van der Waals surface area contributed by atoms with Crippen LogP contribution in [0.2, 0.25) is 0 Å². The average molecular weight is 372 g/mol.